The summed E-state index contributed by atoms with van der Waals surface area (Å²) in [5.41, 5.74) is 8.73. The van der Waals surface area contributed by atoms with Gasteiger partial charge in [-0.15, -0.1) is 11.3 Å². The zero-order valence-electron chi connectivity index (χ0n) is 17.3. The molecule has 0 unspecified atom stereocenters. The van der Waals surface area contributed by atoms with E-state index in [-0.39, 0.29) is 5.75 Å². The summed E-state index contributed by atoms with van der Waals surface area (Å²) in [4.78, 5) is 12.2. The number of fused-ring (bicyclic) bond motifs is 1. The van der Waals surface area contributed by atoms with Gasteiger partial charge in [-0.2, -0.15) is 0 Å². The molecule has 0 atom stereocenters. The highest BCUT2D eigenvalue weighted by atomic mass is 32.1. The van der Waals surface area contributed by atoms with E-state index in [2.05, 4.69) is 28.8 Å². The number of nitrogens with two attached hydrogens (primary N) is 1. The number of pyridine rings is 2. The molecule has 0 bridgehead atoms. The summed E-state index contributed by atoms with van der Waals surface area (Å²) >= 11 is 1.51. The second-order valence-corrected chi connectivity index (χ2v) is 8.26. The zero-order valence-corrected chi connectivity index (χ0v) is 18.2. The lowest BCUT2D eigenvalue weighted by Crippen LogP contribution is -2.23. The predicted octanol–water partition coefficient (Wildman–Crippen LogP) is 3.87. The second kappa shape index (κ2) is 9.42. The number of aromatic nitrogens is 2. The predicted molar refractivity (Wildman–Crippen MR) is 125 cm³/mol. The summed E-state index contributed by atoms with van der Waals surface area (Å²) in [6.45, 7) is 2.36. The van der Waals surface area contributed by atoms with Crippen LogP contribution in [0.2, 0.25) is 0 Å². The number of halogens is 1. The van der Waals surface area contributed by atoms with Crippen molar-refractivity contribution >= 4 is 35.2 Å². The van der Waals surface area contributed by atoms with Gasteiger partial charge in [0.25, 0.3) is 0 Å². The molecule has 0 radical (unpaired) electrons. The van der Waals surface area contributed by atoms with Crippen LogP contribution >= 0.6 is 11.3 Å². The highest BCUT2D eigenvalue weighted by Gasteiger charge is 2.13. The van der Waals surface area contributed by atoms with Gasteiger partial charge < -0.3 is 20.0 Å². The van der Waals surface area contributed by atoms with Gasteiger partial charge in [0.15, 0.2) is 19.5 Å². The van der Waals surface area contributed by atoms with Crippen LogP contribution in [0.1, 0.15) is 5.56 Å². The van der Waals surface area contributed by atoms with E-state index in [1.165, 1.54) is 23.5 Å². The molecule has 1 aromatic carbocycles. The third-order valence-electron chi connectivity index (χ3n) is 4.76. The summed E-state index contributed by atoms with van der Waals surface area (Å²) in [6.07, 6.45) is 3.54. The molecule has 31 heavy (non-hydrogen) atoms. The molecule has 0 aliphatic rings. The molecule has 158 valence electrons. The molecule has 0 spiro atoms. The lowest BCUT2D eigenvalue weighted by Gasteiger charge is -2.16. The quantitative estimate of drug-likeness (QED) is 0.334. The molecule has 0 fully saturated rings. The van der Waals surface area contributed by atoms with E-state index in [4.69, 9.17) is 15.2 Å². The number of methoxy groups -OCH3 is 1. The van der Waals surface area contributed by atoms with E-state index in [0.29, 0.717) is 18.0 Å². The first-order valence-corrected chi connectivity index (χ1v) is 10.6. The normalized spacial score (nSPS) is 11.3. The molecule has 0 saturated heterocycles. The summed E-state index contributed by atoms with van der Waals surface area (Å²) in [5.74, 6) is 0.160. The lowest BCUT2D eigenvalue weighted by molar-refractivity contribution is 0.179. The maximum absolute atomic E-state index is 14.2. The first-order valence-electron chi connectivity index (χ1n) is 9.77. The number of benzene rings is 1. The van der Waals surface area contributed by atoms with Crippen LogP contribution in [0.5, 0.6) is 11.5 Å². The lowest BCUT2D eigenvalue weighted by atomic mass is 10.2. The molecule has 6 nitrogen and oxygen atoms in total. The SMILES string of the molecule is BN(CCOC)Cc1ccc(-c2cc3nccc(Oc4ccc(N)cc4F)c3s2)nc1. The topological polar surface area (TPSA) is 73.5 Å². The van der Waals surface area contributed by atoms with E-state index in [1.807, 2.05) is 18.3 Å². The standard InChI is InChI=1S/C22H22BFN4O2S/c1-29-9-8-28(23)13-14-2-4-17(27-12-14)21-11-18-22(31-21)20(6-7-26-18)30-19-5-3-15(25)10-16(19)24/h2-7,10-12H,8-9,13,23,25H2,1H3. The average Bonchev–Trinajstić information content (AvgIpc) is 3.20. The molecule has 9 heteroatoms. The van der Waals surface area contributed by atoms with Crippen molar-refractivity contribution < 1.29 is 13.9 Å². The van der Waals surface area contributed by atoms with Crippen LogP contribution in [-0.4, -0.2) is 43.0 Å². The van der Waals surface area contributed by atoms with Gasteiger partial charge in [-0.1, -0.05) is 6.07 Å². The van der Waals surface area contributed by atoms with Crippen molar-refractivity contribution in [2.75, 3.05) is 26.0 Å². The van der Waals surface area contributed by atoms with Crippen molar-refractivity contribution in [2.45, 2.75) is 6.54 Å². The fourth-order valence-electron chi connectivity index (χ4n) is 3.14. The minimum atomic E-state index is -0.505. The van der Waals surface area contributed by atoms with E-state index >= 15 is 0 Å². The van der Waals surface area contributed by atoms with Gasteiger partial charge in [-0.25, -0.2) is 4.39 Å². The highest BCUT2D eigenvalue weighted by molar-refractivity contribution is 7.22. The number of thiophene rings is 1. The monoisotopic (exact) mass is 436 g/mol. The Morgan fingerprint density at radius 1 is 1.13 bits per heavy atom. The van der Waals surface area contributed by atoms with E-state index < -0.39 is 5.82 Å². The van der Waals surface area contributed by atoms with E-state index in [0.717, 1.165) is 39.4 Å². The minimum absolute atomic E-state index is 0.122. The van der Waals surface area contributed by atoms with Crippen molar-refractivity contribution in [3.8, 4) is 22.1 Å². The molecular formula is C22H22BFN4O2S. The van der Waals surface area contributed by atoms with Crippen molar-refractivity contribution in [3.05, 3.63) is 66.2 Å². The van der Waals surface area contributed by atoms with Crippen molar-refractivity contribution in [1.29, 1.82) is 0 Å². The van der Waals surface area contributed by atoms with Crippen LogP contribution in [0, 0.1) is 5.82 Å². The highest BCUT2D eigenvalue weighted by Crippen LogP contribution is 2.39. The maximum Gasteiger partial charge on any atom is 0.185 e. The van der Waals surface area contributed by atoms with Gasteiger partial charge in [0.2, 0.25) is 0 Å². The van der Waals surface area contributed by atoms with Crippen molar-refractivity contribution in [3.63, 3.8) is 0 Å². The molecule has 2 N–H and O–H groups in total. The Labute approximate surface area is 184 Å². The third kappa shape index (κ3) is 5.01. The molecule has 3 aromatic heterocycles. The number of rotatable bonds is 8. The smallest absolute Gasteiger partial charge is 0.185 e. The Morgan fingerprint density at radius 2 is 2.00 bits per heavy atom. The van der Waals surface area contributed by atoms with Gasteiger partial charge in [-0.3, -0.25) is 9.97 Å². The van der Waals surface area contributed by atoms with Crippen LogP contribution in [0.15, 0.2) is 54.9 Å². The Bertz CT molecular complexity index is 1190. The first kappa shape index (κ1) is 21.2. The molecule has 4 rings (SSSR count). The van der Waals surface area contributed by atoms with Crippen LogP contribution in [0.4, 0.5) is 10.1 Å². The zero-order chi connectivity index (χ0) is 21.8. The summed E-state index contributed by atoms with van der Waals surface area (Å²) in [6, 6.07) is 12.1. The van der Waals surface area contributed by atoms with Gasteiger partial charge in [-0.05, 0) is 29.8 Å². The van der Waals surface area contributed by atoms with E-state index in [1.54, 1.807) is 25.4 Å². The molecule has 0 amide bonds. The second-order valence-electron chi connectivity index (χ2n) is 7.21. The number of nitrogen functional groups attached to an aromatic ring is 1. The van der Waals surface area contributed by atoms with Crippen molar-refractivity contribution in [1.82, 2.24) is 14.8 Å². The molecule has 0 saturated carbocycles. The van der Waals surface area contributed by atoms with Gasteiger partial charge in [0.1, 0.15) is 5.75 Å². The number of anilines is 1. The average molecular weight is 436 g/mol. The van der Waals surface area contributed by atoms with Crippen LogP contribution in [0.3, 0.4) is 0 Å². The summed E-state index contributed by atoms with van der Waals surface area (Å²) in [7, 11) is 3.75. The first-order chi connectivity index (χ1) is 15.0. The van der Waals surface area contributed by atoms with Crippen molar-refractivity contribution in [2.24, 2.45) is 0 Å². The van der Waals surface area contributed by atoms with Gasteiger partial charge >= 0.3 is 0 Å². The van der Waals surface area contributed by atoms with Crippen LogP contribution in [0.25, 0.3) is 20.8 Å². The number of nitrogens with zero attached hydrogens (tertiary/aromatic N) is 3. The third-order valence-corrected chi connectivity index (χ3v) is 5.92. The minimum Gasteiger partial charge on any atom is -0.453 e. The van der Waals surface area contributed by atoms with Crippen LogP contribution < -0.4 is 10.5 Å². The maximum atomic E-state index is 14.2. The molecule has 0 aliphatic carbocycles. The van der Waals surface area contributed by atoms with Crippen LogP contribution in [-0.2, 0) is 11.3 Å². The number of ether oxygens (including phenoxy) is 2. The number of hydrogen-bond donors (Lipinski definition) is 1. The Hall–Kier alpha value is -3.01. The summed E-state index contributed by atoms with van der Waals surface area (Å²) in [5, 5.41) is 0. The molecule has 4 aromatic rings. The van der Waals surface area contributed by atoms with E-state index in [9.17, 15) is 4.39 Å². The Kier molecular flexibility index (Phi) is 6.46. The Balaban J connectivity index is 1.56. The molecule has 3 heterocycles. The largest absolute Gasteiger partial charge is 0.453 e. The van der Waals surface area contributed by atoms with Gasteiger partial charge in [0, 0.05) is 50.4 Å². The Morgan fingerprint density at radius 3 is 2.74 bits per heavy atom. The number of hydrogen-bond acceptors (Lipinski definition) is 7. The molecule has 0 aliphatic heterocycles. The summed E-state index contributed by atoms with van der Waals surface area (Å²) < 4.78 is 25.9. The van der Waals surface area contributed by atoms with Gasteiger partial charge in [0.05, 0.1) is 27.4 Å². The fourth-order valence-corrected chi connectivity index (χ4v) is 4.18. The fraction of sp³-hybridized carbons (Fsp3) is 0.182. The molecular weight excluding hydrogens is 414 g/mol.